The van der Waals surface area contributed by atoms with E-state index in [2.05, 4.69) is 61.5 Å². The Kier molecular flexibility index (Phi) is 7.83. The molecule has 4 aliphatic rings. The summed E-state index contributed by atoms with van der Waals surface area (Å²) in [5.74, 6) is 0.104. The number of hydrogen-bond donors (Lipinski definition) is 3. The van der Waals surface area contributed by atoms with E-state index in [4.69, 9.17) is 0 Å². The number of fused-ring (bicyclic) bond motifs is 5. The summed E-state index contributed by atoms with van der Waals surface area (Å²) in [6, 6.07) is 0. The fraction of sp³-hybridized carbons (Fsp3) is 0.903. The molecule has 0 heterocycles. The summed E-state index contributed by atoms with van der Waals surface area (Å²) in [6.45, 7) is 18.1. The maximum atomic E-state index is 12.7. The van der Waals surface area contributed by atoms with E-state index in [1.807, 2.05) is 11.8 Å². The molecule has 0 aromatic heterocycles. The second-order valence-electron chi connectivity index (χ2n) is 14.3. The van der Waals surface area contributed by atoms with E-state index in [0.29, 0.717) is 29.3 Å². The van der Waals surface area contributed by atoms with Crippen molar-refractivity contribution in [2.24, 2.45) is 51.8 Å². The Morgan fingerprint density at radius 1 is 1.03 bits per heavy atom. The van der Waals surface area contributed by atoms with Gasteiger partial charge in [0.05, 0.1) is 18.1 Å². The molecule has 0 radical (unpaired) electrons. The van der Waals surface area contributed by atoms with Crippen LogP contribution in [0.5, 0.6) is 0 Å². The summed E-state index contributed by atoms with van der Waals surface area (Å²) in [4.78, 5) is 12.7. The minimum Gasteiger partial charge on any atom is -0.481 e. The molecule has 0 aromatic rings. The summed E-state index contributed by atoms with van der Waals surface area (Å²) in [5.41, 5.74) is 1.16. The third kappa shape index (κ3) is 4.31. The first kappa shape index (κ1) is 28.5. The number of aliphatic carboxylic acids is 1. The quantitative estimate of drug-likeness (QED) is 0.336. The van der Waals surface area contributed by atoms with Gasteiger partial charge in [-0.05, 0) is 110 Å². The molecule has 4 fully saturated rings. The highest BCUT2D eigenvalue weighted by Crippen LogP contribution is 2.75. The molecule has 5 heteroatoms. The zero-order valence-corrected chi connectivity index (χ0v) is 24.8. The smallest absolute Gasteiger partial charge is 0.307 e. The molecule has 0 spiro atoms. The molecule has 36 heavy (non-hydrogen) atoms. The van der Waals surface area contributed by atoms with Crippen molar-refractivity contribution in [2.45, 2.75) is 123 Å². The van der Waals surface area contributed by atoms with Gasteiger partial charge in [0.15, 0.2) is 0 Å². The summed E-state index contributed by atoms with van der Waals surface area (Å²) in [5, 5.41) is 33.9. The lowest BCUT2D eigenvalue weighted by molar-refractivity contribution is -0.240. The Balaban J connectivity index is 1.78. The van der Waals surface area contributed by atoms with Crippen LogP contribution in [-0.4, -0.2) is 44.0 Å². The van der Waals surface area contributed by atoms with Crippen LogP contribution in [0, 0.1) is 51.8 Å². The highest BCUT2D eigenvalue weighted by atomic mass is 32.2. The van der Waals surface area contributed by atoms with Crippen molar-refractivity contribution in [3.8, 4) is 0 Å². The first-order valence-corrected chi connectivity index (χ1v) is 15.5. The van der Waals surface area contributed by atoms with Crippen LogP contribution in [0.25, 0.3) is 0 Å². The lowest BCUT2D eigenvalue weighted by Gasteiger charge is -2.69. The molecule has 4 aliphatic carbocycles. The normalized spacial score (nSPS) is 49.1. The van der Waals surface area contributed by atoms with Gasteiger partial charge >= 0.3 is 5.97 Å². The van der Waals surface area contributed by atoms with Crippen LogP contribution in [0.2, 0.25) is 0 Å². The van der Waals surface area contributed by atoms with Gasteiger partial charge in [-0.2, -0.15) is 11.8 Å². The van der Waals surface area contributed by atoms with Gasteiger partial charge in [-0.25, -0.2) is 0 Å². The fourth-order valence-electron chi connectivity index (χ4n) is 10.3. The van der Waals surface area contributed by atoms with Crippen LogP contribution in [0.15, 0.2) is 11.6 Å². The van der Waals surface area contributed by atoms with Crippen LogP contribution >= 0.6 is 11.8 Å². The summed E-state index contributed by atoms with van der Waals surface area (Å²) >= 11 is 1.98. The number of carbonyl (C=O) groups is 1. The van der Waals surface area contributed by atoms with Crippen molar-refractivity contribution in [1.29, 1.82) is 0 Å². The number of aliphatic hydroxyl groups is 2. The zero-order chi connectivity index (χ0) is 26.8. The predicted molar refractivity (Wildman–Crippen MR) is 149 cm³/mol. The Bertz CT molecular complexity index is 867. The lowest BCUT2D eigenvalue weighted by Crippen LogP contribution is -2.66. The third-order valence-corrected chi connectivity index (χ3v) is 13.3. The maximum Gasteiger partial charge on any atom is 0.307 e. The third-order valence-electron chi connectivity index (χ3n) is 12.0. The predicted octanol–water partition coefficient (Wildman–Crippen LogP) is 6.79. The Hall–Kier alpha value is -0.520. The number of aliphatic hydroxyl groups excluding tert-OH is 2. The second-order valence-corrected chi connectivity index (χ2v) is 16.1. The number of carboxylic acid groups (broad SMARTS) is 1. The molecule has 0 aromatic carbocycles. The zero-order valence-electron chi connectivity index (χ0n) is 24.0. The molecule has 0 amide bonds. The van der Waals surface area contributed by atoms with Gasteiger partial charge in [-0.3, -0.25) is 4.79 Å². The Morgan fingerprint density at radius 3 is 2.28 bits per heavy atom. The van der Waals surface area contributed by atoms with Crippen molar-refractivity contribution in [1.82, 2.24) is 0 Å². The van der Waals surface area contributed by atoms with E-state index in [0.717, 1.165) is 32.1 Å². The van der Waals surface area contributed by atoms with Crippen molar-refractivity contribution in [2.75, 3.05) is 0 Å². The van der Waals surface area contributed by atoms with Crippen LogP contribution in [0.4, 0.5) is 0 Å². The van der Waals surface area contributed by atoms with E-state index >= 15 is 0 Å². The molecular formula is C31H52O4S. The van der Waals surface area contributed by atoms with Gasteiger partial charge < -0.3 is 15.3 Å². The molecule has 0 saturated heterocycles. The van der Waals surface area contributed by atoms with Gasteiger partial charge in [-0.1, -0.05) is 53.2 Å². The molecule has 12 atom stereocenters. The standard InChI is InChI=1S/C31H52O4S/c1-17(2)9-10-20(28(34)35)26-22-15-24(33)27-29(6)13-12-23(32)19(5)21(29)11-14-30(27,7)31(22,8)16-25(26)36-18(3)4/h9,18-27,32-33H,10-16H2,1-8H3,(H,34,35)/t19-,20+,21?,22?,23+,24?,25-,26+,27?,29-,30-,31-/m0/s1. The van der Waals surface area contributed by atoms with Gasteiger partial charge in [0.25, 0.3) is 0 Å². The SMILES string of the molecule is CC(C)=CC[C@@H](C(=O)O)[C@@H]1C2CC(O)C3[C@@]4(C)CC[C@@H](O)[C@@H](C)C4CC[C@]3(C)[C@@]2(C)C[C@@H]1SC(C)C. The van der Waals surface area contributed by atoms with Crippen LogP contribution < -0.4 is 0 Å². The lowest BCUT2D eigenvalue weighted by atomic mass is 9.36. The van der Waals surface area contributed by atoms with E-state index in [1.165, 1.54) is 5.57 Å². The molecule has 4 unspecified atom stereocenters. The first-order valence-electron chi connectivity index (χ1n) is 14.5. The Labute approximate surface area is 224 Å². The summed E-state index contributed by atoms with van der Waals surface area (Å²) < 4.78 is 0. The highest BCUT2D eigenvalue weighted by Gasteiger charge is 2.71. The van der Waals surface area contributed by atoms with E-state index in [9.17, 15) is 20.1 Å². The van der Waals surface area contributed by atoms with Crippen LogP contribution in [0.1, 0.15) is 100 Å². The average molecular weight is 521 g/mol. The average Bonchev–Trinajstić information content (AvgIpc) is 3.03. The monoisotopic (exact) mass is 520 g/mol. The van der Waals surface area contributed by atoms with Crippen LogP contribution in [-0.2, 0) is 4.79 Å². The number of hydrogen-bond acceptors (Lipinski definition) is 4. The number of rotatable bonds is 6. The van der Waals surface area contributed by atoms with Gasteiger partial charge in [0.2, 0.25) is 0 Å². The number of thioether (sulfide) groups is 1. The minimum atomic E-state index is -0.677. The highest BCUT2D eigenvalue weighted by molar-refractivity contribution is 8.00. The van der Waals surface area contributed by atoms with E-state index in [1.54, 1.807) is 0 Å². The molecule has 4 nitrogen and oxygen atoms in total. The maximum absolute atomic E-state index is 12.7. The van der Waals surface area contributed by atoms with E-state index in [-0.39, 0.29) is 46.0 Å². The number of allylic oxidation sites excluding steroid dienone is 2. The molecule has 0 bridgehead atoms. The van der Waals surface area contributed by atoms with E-state index < -0.39 is 18.0 Å². The summed E-state index contributed by atoms with van der Waals surface area (Å²) in [6.07, 6.45) is 7.78. The molecule has 4 rings (SSSR count). The van der Waals surface area contributed by atoms with Crippen molar-refractivity contribution in [3.05, 3.63) is 11.6 Å². The van der Waals surface area contributed by atoms with Crippen molar-refractivity contribution >= 4 is 17.7 Å². The first-order chi connectivity index (χ1) is 16.7. The van der Waals surface area contributed by atoms with Crippen LogP contribution in [0.3, 0.4) is 0 Å². The molecular weight excluding hydrogens is 468 g/mol. The second kappa shape index (κ2) is 9.90. The molecule has 206 valence electrons. The number of carboxylic acids is 1. The van der Waals surface area contributed by atoms with Gasteiger partial charge in [0.1, 0.15) is 0 Å². The minimum absolute atomic E-state index is 0.0000743. The Morgan fingerprint density at radius 2 is 1.69 bits per heavy atom. The topological polar surface area (TPSA) is 77.8 Å². The van der Waals surface area contributed by atoms with Crippen molar-refractivity contribution < 1.29 is 20.1 Å². The van der Waals surface area contributed by atoms with Gasteiger partial charge in [-0.15, -0.1) is 0 Å². The molecule has 0 aliphatic heterocycles. The molecule has 3 N–H and O–H groups in total. The fourth-order valence-corrected chi connectivity index (χ4v) is 12.0. The molecule has 4 saturated carbocycles. The largest absolute Gasteiger partial charge is 0.481 e. The summed E-state index contributed by atoms with van der Waals surface area (Å²) in [7, 11) is 0. The van der Waals surface area contributed by atoms with Gasteiger partial charge in [0, 0.05) is 5.25 Å². The van der Waals surface area contributed by atoms with Crippen molar-refractivity contribution in [3.63, 3.8) is 0 Å².